The minimum absolute atomic E-state index is 0.0271. The predicted molar refractivity (Wildman–Crippen MR) is 88.4 cm³/mol. The molecule has 1 fully saturated rings. The molecule has 1 saturated heterocycles. The maximum Gasteiger partial charge on any atom is 0.269 e. The number of nitrogens with one attached hydrogen (secondary N) is 2. The van der Waals surface area contributed by atoms with Gasteiger partial charge in [0.2, 0.25) is 11.8 Å². The summed E-state index contributed by atoms with van der Waals surface area (Å²) in [7, 11) is 0. The van der Waals surface area contributed by atoms with E-state index in [2.05, 4.69) is 15.7 Å². The summed E-state index contributed by atoms with van der Waals surface area (Å²) in [5.41, 5.74) is 1.17. The van der Waals surface area contributed by atoms with E-state index in [-0.39, 0.29) is 30.8 Å². The van der Waals surface area contributed by atoms with Crippen molar-refractivity contribution < 1.29 is 14.4 Å². The topological polar surface area (TPSA) is 96.3 Å². The van der Waals surface area contributed by atoms with E-state index < -0.39 is 0 Å². The van der Waals surface area contributed by atoms with Crippen LogP contribution in [0.25, 0.3) is 0 Å². The van der Waals surface area contributed by atoms with Crippen molar-refractivity contribution in [3.8, 4) is 0 Å². The highest BCUT2D eigenvalue weighted by molar-refractivity contribution is 5.95. The SMILES string of the molecule is CCn1nc(C)cc1C(=O)NCC(=O)NCC(=O)N1CCCCC1. The first-order valence-electron chi connectivity index (χ1n) is 8.38. The van der Waals surface area contributed by atoms with Gasteiger partial charge in [0.1, 0.15) is 5.69 Å². The second kappa shape index (κ2) is 8.47. The number of aromatic nitrogens is 2. The summed E-state index contributed by atoms with van der Waals surface area (Å²) in [5, 5.41) is 9.30. The van der Waals surface area contributed by atoms with Crippen molar-refractivity contribution >= 4 is 17.7 Å². The zero-order valence-corrected chi connectivity index (χ0v) is 14.3. The molecular weight excluding hydrogens is 310 g/mol. The molecule has 3 amide bonds. The summed E-state index contributed by atoms with van der Waals surface area (Å²) in [6.45, 7) is 5.59. The molecule has 0 radical (unpaired) electrons. The van der Waals surface area contributed by atoms with Gasteiger partial charge in [0.05, 0.1) is 18.8 Å². The monoisotopic (exact) mass is 335 g/mol. The van der Waals surface area contributed by atoms with E-state index in [9.17, 15) is 14.4 Å². The van der Waals surface area contributed by atoms with Gasteiger partial charge in [0.15, 0.2) is 0 Å². The second-order valence-electron chi connectivity index (χ2n) is 5.89. The zero-order chi connectivity index (χ0) is 17.5. The molecule has 132 valence electrons. The summed E-state index contributed by atoms with van der Waals surface area (Å²) in [5.74, 6) is -0.808. The first-order valence-corrected chi connectivity index (χ1v) is 8.38. The molecule has 0 bridgehead atoms. The Bertz CT molecular complexity index is 605. The van der Waals surface area contributed by atoms with Crippen LogP contribution in [0.4, 0.5) is 0 Å². The molecule has 1 aliphatic heterocycles. The Labute approximate surface area is 141 Å². The number of nitrogens with zero attached hydrogens (tertiary/aromatic N) is 3. The van der Waals surface area contributed by atoms with E-state index in [1.54, 1.807) is 15.6 Å². The minimum atomic E-state index is -0.381. The fourth-order valence-corrected chi connectivity index (χ4v) is 2.71. The van der Waals surface area contributed by atoms with Crippen molar-refractivity contribution in [2.24, 2.45) is 0 Å². The zero-order valence-electron chi connectivity index (χ0n) is 14.3. The van der Waals surface area contributed by atoms with Crippen LogP contribution in [0, 0.1) is 6.92 Å². The van der Waals surface area contributed by atoms with Gasteiger partial charge in [-0.15, -0.1) is 0 Å². The van der Waals surface area contributed by atoms with Crippen molar-refractivity contribution in [3.63, 3.8) is 0 Å². The summed E-state index contributed by atoms with van der Waals surface area (Å²) in [6, 6.07) is 1.68. The molecule has 0 spiro atoms. The number of amides is 3. The van der Waals surface area contributed by atoms with E-state index in [0.29, 0.717) is 12.2 Å². The number of hydrogen-bond donors (Lipinski definition) is 2. The third kappa shape index (κ3) is 4.81. The molecule has 1 aliphatic rings. The molecule has 2 heterocycles. The van der Waals surface area contributed by atoms with Gasteiger partial charge >= 0.3 is 0 Å². The van der Waals surface area contributed by atoms with E-state index in [4.69, 9.17) is 0 Å². The van der Waals surface area contributed by atoms with Crippen LogP contribution in [0.2, 0.25) is 0 Å². The Kier molecular flexibility index (Phi) is 6.34. The Morgan fingerprint density at radius 1 is 1.12 bits per heavy atom. The van der Waals surface area contributed by atoms with Crippen molar-refractivity contribution in [2.75, 3.05) is 26.2 Å². The normalized spacial score (nSPS) is 14.3. The van der Waals surface area contributed by atoms with Gasteiger partial charge in [-0.3, -0.25) is 19.1 Å². The molecule has 1 aromatic heterocycles. The standard InChI is InChI=1S/C16H25N5O3/c1-3-21-13(9-12(2)19-21)16(24)18-10-14(22)17-11-15(23)20-7-5-4-6-8-20/h9H,3-8,10-11H2,1-2H3,(H,17,22)(H,18,24). The van der Waals surface area contributed by atoms with Gasteiger partial charge in [-0.25, -0.2) is 0 Å². The lowest BCUT2D eigenvalue weighted by molar-refractivity contribution is -0.133. The van der Waals surface area contributed by atoms with Crippen LogP contribution in [0.15, 0.2) is 6.07 Å². The van der Waals surface area contributed by atoms with Gasteiger partial charge in [-0.2, -0.15) is 5.10 Å². The van der Waals surface area contributed by atoms with E-state index in [1.165, 1.54) is 0 Å². The quantitative estimate of drug-likeness (QED) is 0.769. The number of hydrogen-bond acceptors (Lipinski definition) is 4. The van der Waals surface area contributed by atoms with Crippen molar-refractivity contribution in [1.29, 1.82) is 0 Å². The van der Waals surface area contributed by atoms with Crippen molar-refractivity contribution in [2.45, 2.75) is 39.7 Å². The maximum absolute atomic E-state index is 12.1. The molecule has 8 nitrogen and oxygen atoms in total. The summed E-state index contributed by atoms with van der Waals surface area (Å²) < 4.78 is 1.59. The van der Waals surface area contributed by atoms with Crippen LogP contribution in [0.3, 0.4) is 0 Å². The number of rotatable bonds is 6. The first-order chi connectivity index (χ1) is 11.5. The van der Waals surface area contributed by atoms with Crippen LogP contribution in [-0.2, 0) is 16.1 Å². The third-order valence-corrected chi connectivity index (χ3v) is 3.99. The molecule has 1 aromatic rings. The minimum Gasteiger partial charge on any atom is -0.345 e. The number of carbonyl (C=O) groups is 3. The number of likely N-dealkylation sites (tertiary alicyclic amines) is 1. The highest BCUT2D eigenvalue weighted by atomic mass is 16.2. The third-order valence-electron chi connectivity index (χ3n) is 3.99. The lowest BCUT2D eigenvalue weighted by Crippen LogP contribution is -2.45. The second-order valence-corrected chi connectivity index (χ2v) is 5.89. The highest BCUT2D eigenvalue weighted by Gasteiger charge is 2.18. The molecule has 8 heteroatoms. The average molecular weight is 335 g/mol. The molecule has 2 N–H and O–H groups in total. The smallest absolute Gasteiger partial charge is 0.269 e. The van der Waals surface area contributed by atoms with Gasteiger partial charge in [0.25, 0.3) is 5.91 Å². The molecule has 0 aliphatic carbocycles. The van der Waals surface area contributed by atoms with Crippen LogP contribution < -0.4 is 10.6 Å². The van der Waals surface area contributed by atoms with Crippen molar-refractivity contribution in [1.82, 2.24) is 25.3 Å². The lowest BCUT2D eigenvalue weighted by atomic mass is 10.1. The molecule has 0 saturated carbocycles. The van der Waals surface area contributed by atoms with Crippen LogP contribution in [0.5, 0.6) is 0 Å². The summed E-state index contributed by atoms with van der Waals surface area (Å²) >= 11 is 0. The maximum atomic E-state index is 12.1. The Morgan fingerprint density at radius 3 is 2.50 bits per heavy atom. The molecule has 0 unspecified atom stereocenters. The average Bonchev–Trinajstić information content (AvgIpc) is 2.99. The van der Waals surface area contributed by atoms with Crippen molar-refractivity contribution in [3.05, 3.63) is 17.5 Å². The molecule has 2 rings (SSSR count). The molecule has 24 heavy (non-hydrogen) atoms. The van der Waals surface area contributed by atoms with E-state index in [0.717, 1.165) is 38.0 Å². The molecule has 0 aromatic carbocycles. The Morgan fingerprint density at radius 2 is 1.83 bits per heavy atom. The van der Waals surface area contributed by atoms with E-state index in [1.807, 2.05) is 13.8 Å². The highest BCUT2D eigenvalue weighted by Crippen LogP contribution is 2.08. The van der Waals surface area contributed by atoms with Crippen LogP contribution in [-0.4, -0.2) is 58.6 Å². The van der Waals surface area contributed by atoms with E-state index >= 15 is 0 Å². The van der Waals surface area contributed by atoms with Gasteiger partial charge in [0, 0.05) is 19.6 Å². The number of aryl methyl sites for hydroxylation is 2. The Balaban J connectivity index is 1.74. The summed E-state index contributed by atoms with van der Waals surface area (Å²) in [6.07, 6.45) is 3.18. The van der Waals surface area contributed by atoms with Crippen LogP contribution >= 0.6 is 0 Å². The fourth-order valence-electron chi connectivity index (χ4n) is 2.71. The number of piperidine rings is 1. The van der Waals surface area contributed by atoms with Gasteiger partial charge in [-0.05, 0) is 39.2 Å². The number of carbonyl (C=O) groups excluding carboxylic acids is 3. The first kappa shape index (κ1) is 18.0. The Hall–Kier alpha value is -2.38. The molecule has 0 atom stereocenters. The van der Waals surface area contributed by atoms with Crippen LogP contribution in [0.1, 0.15) is 42.4 Å². The lowest BCUT2D eigenvalue weighted by Gasteiger charge is -2.26. The predicted octanol–water partition coefficient (Wildman–Crippen LogP) is 0.0699. The fraction of sp³-hybridized carbons (Fsp3) is 0.625. The largest absolute Gasteiger partial charge is 0.345 e. The summed E-state index contributed by atoms with van der Waals surface area (Å²) in [4.78, 5) is 37.6. The van der Waals surface area contributed by atoms with Gasteiger partial charge < -0.3 is 15.5 Å². The molecular formula is C16H25N5O3. The van der Waals surface area contributed by atoms with Gasteiger partial charge in [-0.1, -0.05) is 0 Å².